The summed E-state index contributed by atoms with van der Waals surface area (Å²) in [4.78, 5) is 12.3. The van der Waals surface area contributed by atoms with Crippen molar-refractivity contribution in [1.82, 2.24) is 20.1 Å². The third-order valence-corrected chi connectivity index (χ3v) is 4.82. The molecule has 0 saturated heterocycles. The number of amides is 1. The monoisotopic (exact) mass is 356 g/mol. The lowest BCUT2D eigenvalue weighted by Gasteiger charge is -2.12. The summed E-state index contributed by atoms with van der Waals surface area (Å²) < 4.78 is 7.35. The van der Waals surface area contributed by atoms with E-state index in [9.17, 15) is 4.79 Å². The SMILES string of the molecule is CCn1c(SC(C)C(=O)NCc2ccccc2)nnc1-c1ccco1. The van der Waals surface area contributed by atoms with E-state index in [1.165, 1.54) is 11.8 Å². The predicted molar refractivity (Wildman–Crippen MR) is 97.0 cm³/mol. The van der Waals surface area contributed by atoms with E-state index in [0.717, 1.165) is 5.56 Å². The second kappa shape index (κ2) is 8.02. The summed E-state index contributed by atoms with van der Waals surface area (Å²) in [5.41, 5.74) is 1.07. The lowest BCUT2D eigenvalue weighted by molar-refractivity contribution is -0.120. The number of hydrogen-bond acceptors (Lipinski definition) is 5. The van der Waals surface area contributed by atoms with E-state index < -0.39 is 0 Å². The maximum absolute atomic E-state index is 12.3. The van der Waals surface area contributed by atoms with Gasteiger partial charge in [0.25, 0.3) is 0 Å². The quantitative estimate of drug-likeness (QED) is 0.657. The van der Waals surface area contributed by atoms with Crippen LogP contribution in [0.4, 0.5) is 0 Å². The van der Waals surface area contributed by atoms with Gasteiger partial charge in [-0.3, -0.25) is 9.36 Å². The lowest BCUT2D eigenvalue weighted by atomic mass is 10.2. The first-order valence-corrected chi connectivity index (χ1v) is 9.02. The van der Waals surface area contributed by atoms with Crippen LogP contribution in [0.2, 0.25) is 0 Å². The first-order chi connectivity index (χ1) is 12.2. The van der Waals surface area contributed by atoms with Crippen molar-refractivity contribution < 1.29 is 9.21 Å². The molecule has 0 aliphatic carbocycles. The van der Waals surface area contributed by atoms with Gasteiger partial charge in [0.15, 0.2) is 16.7 Å². The van der Waals surface area contributed by atoms with Crippen LogP contribution in [0.1, 0.15) is 19.4 Å². The number of carbonyl (C=O) groups excluding carboxylic acids is 1. The van der Waals surface area contributed by atoms with Gasteiger partial charge in [-0.15, -0.1) is 10.2 Å². The Kier molecular flexibility index (Phi) is 5.55. The number of nitrogens with zero attached hydrogens (tertiary/aromatic N) is 3. The Morgan fingerprint density at radius 3 is 2.72 bits per heavy atom. The normalized spacial score (nSPS) is 12.1. The van der Waals surface area contributed by atoms with Crippen LogP contribution in [0.15, 0.2) is 58.3 Å². The molecule has 1 amide bonds. The maximum atomic E-state index is 12.3. The molecule has 0 saturated carbocycles. The molecule has 1 N–H and O–H groups in total. The molecule has 1 atom stereocenters. The van der Waals surface area contributed by atoms with Gasteiger partial charge >= 0.3 is 0 Å². The minimum absolute atomic E-state index is 0.0287. The molecule has 2 aromatic heterocycles. The summed E-state index contributed by atoms with van der Waals surface area (Å²) in [7, 11) is 0. The van der Waals surface area contributed by atoms with Crippen LogP contribution in [-0.2, 0) is 17.9 Å². The number of nitrogens with one attached hydrogen (secondary N) is 1. The van der Waals surface area contributed by atoms with E-state index in [0.29, 0.717) is 29.8 Å². The zero-order valence-electron chi connectivity index (χ0n) is 14.2. The van der Waals surface area contributed by atoms with E-state index >= 15 is 0 Å². The molecule has 6 nitrogen and oxygen atoms in total. The Labute approximate surface area is 150 Å². The summed E-state index contributed by atoms with van der Waals surface area (Å²) in [6, 6.07) is 13.5. The summed E-state index contributed by atoms with van der Waals surface area (Å²) >= 11 is 1.39. The van der Waals surface area contributed by atoms with Crippen molar-refractivity contribution in [3.05, 3.63) is 54.3 Å². The molecular weight excluding hydrogens is 336 g/mol. The topological polar surface area (TPSA) is 73.0 Å². The number of hydrogen-bond donors (Lipinski definition) is 1. The Morgan fingerprint density at radius 1 is 1.24 bits per heavy atom. The molecule has 25 heavy (non-hydrogen) atoms. The van der Waals surface area contributed by atoms with Crippen molar-refractivity contribution in [3.63, 3.8) is 0 Å². The molecule has 0 radical (unpaired) electrons. The average Bonchev–Trinajstić information content (AvgIpc) is 3.29. The van der Waals surface area contributed by atoms with Crippen LogP contribution in [0.3, 0.4) is 0 Å². The molecule has 3 rings (SSSR count). The van der Waals surface area contributed by atoms with Crippen LogP contribution >= 0.6 is 11.8 Å². The lowest BCUT2D eigenvalue weighted by Crippen LogP contribution is -2.30. The zero-order chi connectivity index (χ0) is 17.6. The molecular formula is C18H20N4O2S. The van der Waals surface area contributed by atoms with Crippen LogP contribution in [0.5, 0.6) is 0 Å². The van der Waals surface area contributed by atoms with Gasteiger partial charge < -0.3 is 9.73 Å². The highest BCUT2D eigenvalue weighted by atomic mass is 32.2. The Bertz CT molecular complexity index is 815. The first kappa shape index (κ1) is 17.3. The predicted octanol–water partition coefficient (Wildman–Crippen LogP) is 3.36. The summed E-state index contributed by atoms with van der Waals surface area (Å²) in [5.74, 6) is 1.31. The third-order valence-electron chi connectivity index (χ3n) is 3.74. The molecule has 0 bridgehead atoms. The number of benzene rings is 1. The van der Waals surface area contributed by atoms with E-state index in [2.05, 4.69) is 15.5 Å². The number of thioether (sulfide) groups is 1. The zero-order valence-corrected chi connectivity index (χ0v) is 15.0. The number of aromatic nitrogens is 3. The van der Waals surface area contributed by atoms with Gasteiger partial charge in [-0.2, -0.15) is 0 Å². The smallest absolute Gasteiger partial charge is 0.233 e. The summed E-state index contributed by atoms with van der Waals surface area (Å²) in [6.45, 7) is 5.10. The van der Waals surface area contributed by atoms with Crippen molar-refractivity contribution in [1.29, 1.82) is 0 Å². The minimum atomic E-state index is -0.275. The van der Waals surface area contributed by atoms with Crippen LogP contribution in [0.25, 0.3) is 11.6 Å². The fraction of sp³-hybridized carbons (Fsp3) is 0.278. The van der Waals surface area contributed by atoms with E-state index in [1.807, 2.05) is 60.9 Å². The van der Waals surface area contributed by atoms with Crippen molar-refractivity contribution in [3.8, 4) is 11.6 Å². The van der Waals surface area contributed by atoms with Gasteiger partial charge in [0.2, 0.25) is 5.91 Å². The molecule has 1 aromatic carbocycles. The van der Waals surface area contributed by atoms with Gasteiger partial charge in [-0.05, 0) is 31.5 Å². The van der Waals surface area contributed by atoms with Gasteiger partial charge in [-0.1, -0.05) is 42.1 Å². The molecule has 2 heterocycles. The van der Waals surface area contributed by atoms with Crippen molar-refractivity contribution in [2.75, 3.05) is 0 Å². The molecule has 0 spiro atoms. The Balaban J connectivity index is 1.64. The highest BCUT2D eigenvalue weighted by Crippen LogP contribution is 2.27. The van der Waals surface area contributed by atoms with E-state index in [4.69, 9.17) is 4.42 Å². The molecule has 0 aliphatic rings. The Hall–Kier alpha value is -2.54. The average molecular weight is 356 g/mol. The molecule has 130 valence electrons. The molecule has 0 aliphatic heterocycles. The van der Waals surface area contributed by atoms with Crippen LogP contribution in [-0.4, -0.2) is 25.9 Å². The van der Waals surface area contributed by atoms with Gasteiger partial charge in [0, 0.05) is 13.1 Å². The first-order valence-electron chi connectivity index (χ1n) is 8.14. The molecule has 3 aromatic rings. The van der Waals surface area contributed by atoms with Gasteiger partial charge in [0.05, 0.1) is 11.5 Å². The highest BCUT2D eigenvalue weighted by Gasteiger charge is 2.20. The standard InChI is InChI=1S/C18H20N4O2S/c1-3-22-16(15-10-7-11-24-15)20-21-18(22)25-13(2)17(23)19-12-14-8-5-4-6-9-14/h4-11,13H,3,12H2,1-2H3,(H,19,23). The van der Waals surface area contributed by atoms with Gasteiger partial charge in [0.1, 0.15) is 0 Å². The second-order valence-corrected chi connectivity index (χ2v) is 6.80. The summed E-state index contributed by atoms with van der Waals surface area (Å²) in [5, 5.41) is 11.8. The number of carbonyl (C=O) groups is 1. The van der Waals surface area contributed by atoms with Crippen LogP contribution < -0.4 is 5.32 Å². The van der Waals surface area contributed by atoms with Crippen molar-refractivity contribution >= 4 is 17.7 Å². The number of rotatable bonds is 7. The fourth-order valence-electron chi connectivity index (χ4n) is 2.39. The molecule has 0 fully saturated rings. The minimum Gasteiger partial charge on any atom is -0.461 e. The van der Waals surface area contributed by atoms with Crippen LogP contribution in [0, 0.1) is 0 Å². The summed E-state index contributed by atoms with van der Waals surface area (Å²) in [6.07, 6.45) is 1.61. The molecule has 1 unspecified atom stereocenters. The number of furan rings is 1. The van der Waals surface area contributed by atoms with E-state index in [1.54, 1.807) is 6.26 Å². The highest BCUT2D eigenvalue weighted by molar-refractivity contribution is 8.00. The van der Waals surface area contributed by atoms with Gasteiger partial charge in [-0.25, -0.2) is 0 Å². The maximum Gasteiger partial charge on any atom is 0.233 e. The van der Waals surface area contributed by atoms with Crippen molar-refractivity contribution in [2.45, 2.75) is 37.3 Å². The third kappa shape index (κ3) is 4.11. The Morgan fingerprint density at radius 2 is 2.04 bits per heavy atom. The van der Waals surface area contributed by atoms with Crippen molar-refractivity contribution in [2.24, 2.45) is 0 Å². The van der Waals surface area contributed by atoms with E-state index in [-0.39, 0.29) is 11.2 Å². The largest absolute Gasteiger partial charge is 0.461 e. The second-order valence-electron chi connectivity index (χ2n) is 5.49. The fourth-order valence-corrected chi connectivity index (χ4v) is 3.33. The molecule has 7 heteroatoms.